The number of hydrogen-bond acceptors (Lipinski definition) is 1. The Morgan fingerprint density at radius 3 is 1.52 bits per heavy atom. The van der Waals surface area contributed by atoms with Gasteiger partial charge in [0.2, 0.25) is 0 Å². The van der Waals surface area contributed by atoms with Crippen LogP contribution >= 0.6 is 0 Å². The first-order valence-corrected chi connectivity index (χ1v) is 8.32. The van der Waals surface area contributed by atoms with E-state index in [0.29, 0.717) is 0 Å². The lowest BCUT2D eigenvalue weighted by Crippen LogP contribution is -2.34. The van der Waals surface area contributed by atoms with Gasteiger partial charge in [-0.15, -0.1) is 0 Å². The predicted molar refractivity (Wildman–Crippen MR) is 102 cm³/mol. The van der Waals surface area contributed by atoms with Crippen LogP contribution in [0.5, 0.6) is 0 Å². The van der Waals surface area contributed by atoms with Crippen molar-refractivity contribution in [2.75, 3.05) is 0 Å². The molecule has 4 rings (SSSR count). The largest absolute Gasteiger partial charge is 0.480 e. The third kappa shape index (κ3) is 2.30. The highest BCUT2D eigenvalue weighted by molar-refractivity contribution is 5.99. The van der Waals surface area contributed by atoms with Gasteiger partial charge in [0, 0.05) is 0 Å². The zero-order chi connectivity index (χ0) is 17.4. The third-order valence-electron chi connectivity index (χ3n) is 5.08. The summed E-state index contributed by atoms with van der Waals surface area (Å²) in [5.41, 5.74) is 0.491. The van der Waals surface area contributed by atoms with E-state index in [1.807, 2.05) is 84.9 Å². The molecule has 0 aromatic heterocycles. The van der Waals surface area contributed by atoms with Crippen molar-refractivity contribution < 1.29 is 9.90 Å². The number of aliphatic carboxylic acids is 1. The molecule has 4 aromatic rings. The average molecular weight is 326 g/mol. The summed E-state index contributed by atoms with van der Waals surface area (Å²) in [6.45, 7) is 1.80. The zero-order valence-electron chi connectivity index (χ0n) is 13.9. The summed E-state index contributed by atoms with van der Waals surface area (Å²) < 4.78 is 0. The second kappa shape index (κ2) is 5.75. The summed E-state index contributed by atoms with van der Waals surface area (Å²) in [6.07, 6.45) is 0. The molecule has 0 radical (unpaired) electrons. The Hall–Kier alpha value is -3.13. The molecule has 0 saturated heterocycles. The lowest BCUT2D eigenvalue weighted by molar-refractivity contribution is -0.141. The SMILES string of the molecule is CC(C(=O)O)(c1cccc2ccccc12)c1cccc2ccccc12. The van der Waals surface area contributed by atoms with Crippen LogP contribution in [-0.4, -0.2) is 11.1 Å². The number of benzene rings is 4. The van der Waals surface area contributed by atoms with E-state index in [0.717, 1.165) is 32.7 Å². The lowest BCUT2D eigenvalue weighted by atomic mass is 9.73. The highest BCUT2D eigenvalue weighted by Gasteiger charge is 2.39. The Kier molecular flexibility index (Phi) is 3.54. The molecule has 1 N–H and O–H groups in total. The molecule has 0 atom stereocenters. The van der Waals surface area contributed by atoms with Gasteiger partial charge in [-0.25, -0.2) is 0 Å². The smallest absolute Gasteiger partial charge is 0.318 e. The fourth-order valence-corrected chi connectivity index (χ4v) is 3.70. The Bertz CT molecular complexity index is 1010. The van der Waals surface area contributed by atoms with E-state index in [2.05, 4.69) is 0 Å². The first-order valence-electron chi connectivity index (χ1n) is 8.32. The summed E-state index contributed by atoms with van der Waals surface area (Å²) in [7, 11) is 0. The summed E-state index contributed by atoms with van der Waals surface area (Å²) >= 11 is 0. The van der Waals surface area contributed by atoms with Gasteiger partial charge in [-0.3, -0.25) is 4.79 Å². The molecule has 2 heteroatoms. The van der Waals surface area contributed by atoms with E-state index in [1.54, 1.807) is 6.92 Å². The summed E-state index contributed by atoms with van der Waals surface area (Å²) in [6, 6.07) is 27.7. The van der Waals surface area contributed by atoms with Gasteiger partial charge >= 0.3 is 5.97 Å². The van der Waals surface area contributed by atoms with Crippen LogP contribution in [0.3, 0.4) is 0 Å². The summed E-state index contributed by atoms with van der Waals surface area (Å²) in [5, 5.41) is 14.3. The third-order valence-corrected chi connectivity index (χ3v) is 5.08. The van der Waals surface area contributed by atoms with Crippen molar-refractivity contribution in [2.24, 2.45) is 0 Å². The highest BCUT2D eigenvalue weighted by atomic mass is 16.4. The van der Waals surface area contributed by atoms with Crippen LogP contribution < -0.4 is 0 Å². The Morgan fingerprint density at radius 1 is 0.680 bits per heavy atom. The van der Waals surface area contributed by atoms with E-state index in [9.17, 15) is 9.90 Å². The van der Waals surface area contributed by atoms with Gasteiger partial charge in [0.05, 0.1) is 0 Å². The average Bonchev–Trinajstić information content (AvgIpc) is 2.66. The molecule has 0 aliphatic carbocycles. The van der Waals surface area contributed by atoms with Gasteiger partial charge in [0.25, 0.3) is 0 Å². The Labute approximate surface area is 146 Å². The summed E-state index contributed by atoms with van der Waals surface area (Å²) in [5.74, 6) is -0.847. The molecule has 0 bridgehead atoms. The van der Waals surface area contributed by atoms with Crippen molar-refractivity contribution in [2.45, 2.75) is 12.3 Å². The molecule has 25 heavy (non-hydrogen) atoms. The molecule has 0 aliphatic rings. The van der Waals surface area contributed by atoms with E-state index in [-0.39, 0.29) is 0 Å². The second-order valence-electron chi connectivity index (χ2n) is 6.48. The molecule has 0 unspecified atom stereocenters. The van der Waals surface area contributed by atoms with Crippen molar-refractivity contribution >= 4 is 27.5 Å². The highest BCUT2D eigenvalue weighted by Crippen LogP contribution is 2.39. The van der Waals surface area contributed by atoms with Crippen molar-refractivity contribution in [1.82, 2.24) is 0 Å². The number of carboxylic acid groups (broad SMARTS) is 1. The van der Waals surface area contributed by atoms with Crippen LogP contribution in [0.25, 0.3) is 21.5 Å². The number of carbonyl (C=O) groups is 1. The van der Waals surface area contributed by atoms with Gasteiger partial charge in [-0.1, -0.05) is 84.9 Å². The van der Waals surface area contributed by atoms with Gasteiger partial charge in [-0.2, -0.15) is 0 Å². The van der Waals surface area contributed by atoms with Gasteiger partial charge in [-0.05, 0) is 39.6 Å². The van der Waals surface area contributed by atoms with Crippen LogP contribution in [0.15, 0.2) is 84.9 Å². The first-order chi connectivity index (χ1) is 12.1. The molecule has 0 heterocycles. The molecule has 0 fully saturated rings. The molecule has 2 nitrogen and oxygen atoms in total. The minimum Gasteiger partial charge on any atom is -0.480 e. The van der Waals surface area contributed by atoms with Gasteiger partial charge in [0.15, 0.2) is 0 Å². The number of carboxylic acids is 1. The maximum atomic E-state index is 12.5. The van der Waals surface area contributed by atoms with E-state index < -0.39 is 11.4 Å². The van der Waals surface area contributed by atoms with Crippen LogP contribution in [0.1, 0.15) is 18.1 Å². The minimum atomic E-state index is -1.14. The fourth-order valence-electron chi connectivity index (χ4n) is 3.70. The van der Waals surface area contributed by atoms with Gasteiger partial charge < -0.3 is 5.11 Å². The number of fused-ring (bicyclic) bond motifs is 2. The molecule has 4 aromatic carbocycles. The number of rotatable bonds is 3. The monoisotopic (exact) mass is 326 g/mol. The van der Waals surface area contributed by atoms with E-state index in [4.69, 9.17) is 0 Å². The molecule has 0 saturated carbocycles. The predicted octanol–water partition coefficient (Wildman–Crippen LogP) is 5.38. The molecule has 122 valence electrons. The van der Waals surface area contributed by atoms with Crippen LogP contribution in [-0.2, 0) is 10.2 Å². The van der Waals surface area contributed by atoms with Crippen molar-refractivity contribution in [1.29, 1.82) is 0 Å². The lowest BCUT2D eigenvalue weighted by Gasteiger charge is -2.29. The van der Waals surface area contributed by atoms with Crippen molar-refractivity contribution in [3.05, 3.63) is 96.1 Å². The van der Waals surface area contributed by atoms with Crippen molar-refractivity contribution in [3.63, 3.8) is 0 Å². The Balaban J connectivity index is 2.11. The molecule has 0 amide bonds. The molecular formula is C23H18O2. The fraction of sp³-hybridized carbons (Fsp3) is 0.0870. The quantitative estimate of drug-likeness (QED) is 0.548. The van der Waals surface area contributed by atoms with Gasteiger partial charge in [0.1, 0.15) is 5.41 Å². The Morgan fingerprint density at radius 2 is 1.08 bits per heavy atom. The summed E-state index contributed by atoms with van der Waals surface area (Å²) in [4.78, 5) is 12.5. The minimum absolute atomic E-state index is 0.814. The van der Waals surface area contributed by atoms with Crippen LogP contribution in [0.2, 0.25) is 0 Å². The molecular weight excluding hydrogens is 308 g/mol. The van der Waals surface area contributed by atoms with Crippen LogP contribution in [0, 0.1) is 0 Å². The molecule has 0 aliphatic heterocycles. The maximum Gasteiger partial charge on any atom is 0.318 e. The molecule has 0 spiro atoms. The zero-order valence-corrected chi connectivity index (χ0v) is 13.9. The van der Waals surface area contributed by atoms with E-state index >= 15 is 0 Å². The first kappa shape index (κ1) is 15.4. The maximum absolute atomic E-state index is 12.5. The van der Waals surface area contributed by atoms with E-state index in [1.165, 1.54) is 0 Å². The van der Waals surface area contributed by atoms with Crippen LogP contribution in [0.4, 0.5) is 0 Å². The van der Waals surface area contributed by atoms with Crippen molar-refractivity contribution in [3.8, 4) is 0 Å². The second-order valence-corrected chi connectivity index (χ2v) is 6.48. The number of hydrogen-bond donors (Lipinski definition) is 1. The normalized spacial score (nSPS) is 11.7. The topological polar surface area (TPSA) is 37.3 Å². The standard InChI is InChI=1S/C23H18O2/c1-23(22(24)25,20-14-6-10-16-8-2-4-12-18(16)20)21-15-7-11-17-9-3-5-13-19(17)21/h2-15H,1H3,(H,24,25).